The van der Waals surface area contributed by atoms with Crippen molar-refractivity contribution in [1.29, 1.82) is 0 Å². The maximum absolute atomic E-state index is 13.3. The number of amides is 1. The lowest BCUT2D eigenvalue weighted by atomic mass is 10.1. The Morgan fingerprint density at radius 2 is 1.67 bits per heavy atom. The van der Waals surface area contributed by atoms with E-state index in [0.717, 1.165) is 16.9 Å². The standard InChI is InChI=1S/C24H20N2O4/c27-23(16-26-19-11-5-7-13-21(19)30-24(26)28)25-14-18-10-4-6-12-20(18)29-22(15-25)17-8-2-1-3-9-17/h1-13,22H,14-16H2. The zero-order chi connectivity index (χ0) is 20.5. The number of carbonyl (C=O) groups excluding carboxylic acids is 1. The van der Waals surface area contributed by atoms with E-state index in [1.807, 2.05) is 60.7 Å². The monoisotopic (exact) mass is 400 g/mol. The lowest BCUT2D eigenvalue weighted by molar-refractivity contribution is -0.133. The number of aromatic nitrogens is 1. The molecule has 30 heavy (non-hydrogen) atoms. The summed E-state index contributed by atoms with van der Waals surface area (Å²) in [4.78, 5) is 27.3. The van der Waals surface area contributed by atoms with Crippen molar-refractivity contribution in [1.82, 2.24) is 9.47 Å². The Bertz CT molecular complexity index is 1260. The Labute approximate surface area is 172 Å². The van der Waals surface area contributed by atoms with Crippen LogP contribution in [0.25, 0.3) is 11.1 Å². The highest BCUT2D eigenvalue weighted by Crippen LogP contribution is 2.31. The molecule has 1 atom stereocenters. The highest BCUT2D eigenvalue weighted by atomic mass is 16.5. The number of ether oxygens (including phenoxy) is 1. The Balaban J connectivity index is 1.48. The second kappa shape index (κ2) is 7.55. The van der Waals surface area contributed by atoms with Crippen LogP contribution in [0.1, 0.15) is 17.2 Å². The Kier molecular flexibility index (Phi) is 4.59. The molecule has 2 heterocycles. The zero-order valence-electron chi connectivity index (χ0n) is 16.2. The maximum atomic E-state index is 13.3. The topological polar surface area (TPSA) is 64.7 Å². The van der Waals surface area contributed by atoms with Crippen LogP contribution in [0.5, 0.6) is 5.75 Å². The molecule has 5 rings (SSSR count). The van der Waals surface area contributed by atoms with Gasteiger partial charge in [-0.25, -0.2) is 4.79 Å². The molecule has 1 aliphatic rings. The van der Waals surface area contributed by atoms with E-state index in [-0.39, 0.29) is 18.6 Å². The van der Waals surface area contributed by atoms with Gasteiger partial charge in [0.2, 0.25) is 5.91 Å². The van der Waals surface area contributed by atoms with Gasteiger partial charge in [0.05, 0.1) is 12.1 Å². The minimum atomic E-state index is -0.532. The van der Waals surface area contributed by atoms with Crippen molar-refractivity contribution in [3.8, 4) is 5.75 Å². The maximum Gasteiger partial charge on any atom is 0.420 e. The Hall–Kier alpha value is -3.80. The molecule has 0 saturated heterocycles. The largest absolute Gasteiger partial charge is 0.484 e. The van der Waals surface area contributed by atoms with Crippen molar-refractivity contribution >= 4 is 17.0 Å². The fourth-order valence-corrected chi connectivity index (χ4v) is 3.84. The normalized spacial score (nSPS) is 16.0. The second-order valence-electron chi connectivity index (χ2n) is 7.32. The summed E-state index contributed by atoms with van der Waals surface area (Å²) in [5.41, 5.74) is 3.02. The molecule has 1 aromatic heterocycles. The molecule has 1 unspecified atom stereocenters. The summed E-state index contributed by atoms with van der Waals surface area (Å²) in [7, 11) is 0. The number of hydrogen-bond acceptors (Lipinski definition) is 4. The van der Waals surface area contributed by atoms with Crippen molar-refractivity contribution in [2.75, 3.05) is 6.54 Å². The average molecular weight is 400 g/mol. The third kappa shape index (κ3) is 3.37. The number of carbonyl (C=O) groups is 1. The van der Waals surface area contributed by atoms with Crippen LogP contribution in [-0.4, -0.2) is 21.9 Å². The molecule has 6 nitrogen and oxygen atoms in total. The number of rotatable bonds is 3. The van der Waals surface area contributed by atoms with Crippen LogP contribution in [0.3, 0.4) is 0 Å². The molecule has 0 saturated carbocycles. The number of para-hydroxylation sites is 3. The van der Waals surface area contributed by atoms with Gasteiger partial charge in [-0.3, -0.25) is 9.36 Å². The van der Waals surface area contributed by atoms with Gasteiger partial charge in [-0.2, -0.15) is 0 Å². The van der Waals surface area contributed by atoms with Crippen LogP contribution in [0, 0.1) is 0 Å². The van der Waals surface area contributed by atoms with E-state index in [1.54, 1.807) is 23.1 Å². The van der Waals surface area contributed by atoms with E-state index in [0.29, 0.717) is 24.2 Å². The number of fused-ring (bicyclic) bond motifs is 2. The van der Waals surface area contributed by atoms with Gasteiger partial charge in [-0.1, -0.05) is 60.7 Å². The van der Waals surface area contributed by atoms with Gasteiger partial charge in [0.25, 0.3) is 0 Å². The molecular weight excluding hydrogens is 380 g/mol. The van der Waals surface area contributed by atoms with Crippen LogP contribution < -0.4 is 10.5 Å². The van der Waals surface area contributed by atoms with E-state index in [2.05, 4.69) is 0 Å². The summed E-state index contributed by atoms with van der Waals surface area (Å²) >= 11 is 0. The lowest BCUT2D eigenvalue weighted by Gasteiger charge is -2.24. The molecular formula is C24H20N2O4. The number of hydrogen-bond donors (Lipinski definition) is 0. The van der Waals surface area contributed by atoms with Crippen molar-refractivity contribution in [3.63, 3.8) is 0 Å². The van der Waals surface area contributed by atoms with E-state index in [1.165, 1.54) is 4.57 Å². The van der Waals surface area contributed by atoms with Gasteiger partial charge in [0, 0.05) is 12.1 Å². The predicted octanol–water partition coefficient (Wildman–Crippen LogP) is 3.76. The van der Waals surface area contributed by atoms with Crippen LogP contribution in [0.4, 0.5) is 0 Å². The molecule has 0 fully saturated rings. The smallest absolute Gasteiger partial charge is 0.420 e. The highest BCUT2D eigenvalue weighted by molar-refractivity contribution is 5.79. The third-order valence-electron chi connectivity index (χ3n) is 5.38. The third-order valence-corrected chi connectivity index (χ3v) is 5.38. The fraction of sp³-hybridized carbons (Fsp3) is 0.167. The fourth-order valence-electron chi connectivity index (χ4n) is 3.84. The first-order valence-corrected chi connectivity index (χ1v) is 9.85. The van der Waals surface area contributed by atoms with Crippen molar-refractivity contribution in [3.05, 3.63) is 101 Å². The SMILES string of the molecule is O=C(Cn1c(=O)oc2ccccc21)N1Cc2ccccc2OC(c2ccccc2)C1. The summed E-state index contributed by atoms with van der Waals surface area (Å²) in [6.45, 7) is 0.727. The van der Waals surface area contributed by atoms with E-state index >= 15 is 0 Å². The summed E-state index contributed by atoms with van der Waals surface area (Å²) in [6.07, 6.45) is -0.295. The molecule has 3 aromatic carbocycles. The second-order valence-corrected chi connectivity index (χ2v) is 7.32. The Morgan fingerprint density at radius 3 is 2.53 bits per heavy atom. The zero-order valence-corrected chi connectivity index (χ0v) is 16.2. The molecule has 0 N–H and O–H groups in total. The van der Waals surface area contributed by atoms with E-state index in [4.69, 9.17) is 9.15 Å². The highest BCUT2D eigenvalue weighted by Gasteiger charge is 2.28. The van der Waals surface area contributed by atoms with Gasteiger partial charge >= 0.3 is 5.76 Å². The first kappa shape index (κ1) is 18.2. The summed E-state index contributed by atoms with van der Waals surface area (Å²) in [5, 5.41) is 0. The van der Waals surface area contributed by atoms with E-state index in [9.17, 15) is 9.59 Å². The van der Waals surface area contributed by atoms with Crippen molar-refractivity contribution in [2.45, 2.75) is 19.2 Å². The van der Waals surface area contributed by atoms with Crippen LogP contribution in [0.2, 0.25) is 0 Å². The number of oxazole rings is 1. The molecule has 6 heteroatoms. The number of nitrogens with zero attached hydrogens (tertiary/aromatic N) is 2. The van der Waals surface area contributed by atoms with Gasteiger partial charge in [-0.05, 0) is 23.8 Å². The molecule has 0 radical (unpaired) electrons. The van der Waals surface area contributed by atoms with Gasteiger partial charge < -0.3 is 14.1 Å². The Morgan fingerprint density at radius 1 is 0.933 bits per heavy atom. The lowest BCUT2D eigenvalue weighted by Crippen LogP contribution is -2.37. The van der Waals surface area contributed by atoms with Crippen LogP contribution >= 0.6 is 0 Å². The first-order valence-electron chi connectivity index (χ1n) is 9.85. The minimum Gasteiger partial charge on any atom is -0.484 e. The summed E-state index contributed by atoms with van der Waals surface area (Å²) in [5.74, 6) is 0.0769. The first-order chi connectivity index (χ1) is 14.7. The molecule has 0 bridgehead atoms. The molecule has 0 aliphatic carbocycles. The molecule has 150 valence electrons. The van der Waals surface area contributed by atoms with Crippen molar-refractivity contribution < 1.29 is 13.9 Å². The number of benzene rings is 3. The quantitative estimate of drug-likeness (QED) is 0.525. The van der Waals surface area contributed by atoms with Crippen LogP contribution in [-0.2, 0) is 17.9 Å². The molecule has 1 aliphatic heterocycles. The van der Waals surface area contributed by atoms with Gasteiger partial charge in [0.1, 0.15) is 18.4 Å². The predicted molar refractivity (Wildman–Crippen MR) is 112 cm³/mol. The van der Waals surface area contributed by atoms with Gasteiger partial charge in [-0.15, -0.1) is 0 Å². The molecule has 4 aromatic rings. The van der Waals surface area contributed by atoms with Crippen LogP contribution in [0.15, 0.2) is 88.1 Å². The van der Waals surface area contributed by atoms with E-state index < -0.39 is 5.76 Å². The van der Waals surface area contributed by atoms with Gasteiger partial charge in [0.15, 0.2) is 5.58 Å². The van der Waals surface area contributed by atoms with Crippen molar-refractivity contribution in [2.24, 2.45) is 0 Å². The molecule has 0 spiro atoms. The summed E-state index contributed by atoms with van der Waals surface area (Å²) < 4.78 is 12.9. The minimum absolute atomic E-state index is 0.0838. The molecule has 1 amide bonds. The summed E-state index contributed by atoms with van der Waals surface area (Å²) in [6, 6.07) is 24.7. The average Bonchev–Trinajstić information content (AvgIpc) is 2.96.